The molecular weight excluding hydrogens is 465 g/mol. The number of amides is 1. The highest BCUT2D eigenvalue weighted by molar-refractivity contribution is 6.30. The van der Waals surface area contributed by atoms with Crippen LogP contribution in [0.4, 0.5) is 16.0 Å². The van der Waals surface area contributed by atoms with Gasteiger partial charge in [-0.05, 0) is 82.1 Å². The number of fused-ring (bicyclic) bond motifs is 1. The Bertz CT molecular complexity index is 1270. The van der Waals surface area contributed by atoms with E-state index in [2.05, 4.69) is 15.1 Å². The first-order valence-corrected chi connectivity index (χ1v) is 12.6. The van der Waals surface area contributed by atoms with Crippen molar-refractivity contribution in [1.29, 1.82) is 0 Å². The van der Waals surface area contributed by atoms with Gasteiger partial charge in [-0.3, -0.25) is 4.79 Å². The van der Waals surface area contributed by atoms with Crippen LogP contribution < -0.4 is 10.2 Å². The lowest BCUT2D eigenvalue weighted by Gasteiger charge is -2.36. The van der Waals surface area contributed by atoms with Gasteiger partial charge in [-0.1, -0.05) is 17.7 Å². The van der Waals surface area contributed by atoms with Crippen LogP contribution in [-0.2, 0) is 4.79 Å². The number of rotatable bonds is 5. The molecule has 2 aliphatic heterocycles. The fourth-order valence-corrected chi connectivity index (χ4v) is 5.17. The van der Waals surface area contributed by atoms with Gasteiger partial charge in [0.05, 0.1) is 11.2 Å². The fraction of sp³-hybridized carbons (Fsp3) is 0.370. The molecule has 35 heavy (non-hydrogen) atoms. The van der Waals surface area contributed by atoms with E-state index in [9.17, 15) is 9.18 Å². The topological polar surface area (TPSA) is 61.4 Å². The number of anilines is 2. The average molecular weight is 494 g/mol. The summed E-state index contributed by atoms with van der Waals surface area (Å²) >= 11 is 5.77. The fourth-order valence-electron chi connectivity index (χ4n) is 5.01. The maximum absolute atomic E-state index is 13.9. The second-order valence-corrected chi connectivity index (χ2v) is 9.73. The van der Waals surface area contributed by atoms with Crippen LogP contribution >= 0.6 is 11.6 Å². The third-order valence-electron chi connectivity index (χ3n) is 6.92. The van der Waals surface area contributed by atoms with E-state index in [1.165, 1.54) is 50.2 Å². The summed E-state index contributed by atoms with van der Waals surface area (Å²) in [5.41, 5.74) is 2.66. The van der Waals surface area contributed by atoms with Crippen LogP contribution in [0.3, 0.4) is 0 Å². The molecule has 2 saturated heterocycles. The SMILES string of the molecule is Cc1nc(N2CCC(N3CCCC3)CC2)nc2ccc(NC(=O)/C=C/c3ccc(Cl)cc3F)cc12. The smallest absolute Gasteiger partial charge is 0.248 e. The molecule has 0 aliphatic carbocycles. The predicted molar refractivity (Wildman–Crippen MR) is 139 cm³/mol. The number of piperidine rings is 1. The van der Waals surface area contributed by atoms with E-state index < -0.39 is 5.82 Å². The summed E-state index contributed by atoms with van der Waals surface area (Å²) in [6.45, 7) is 6.40. The van der Waals surface area contributed by atoms with E-state index in [0.717, 1.165) is 48.5 Å². The molecular formula is C27H29ClFN5O. The molecule has 1 amide bonds. The molecule has 0 saturated carbocycles. The van der Waals surface area contributed by atoms with Gasteiger partial charge >= 0.3 is 0 Å². The van der Waals surface area contributed by atoms with Gasteiger partial charge in [0.15, 0.2) is 0 Å². The standard InChI is InChI=1S/C27H29ClFN5O/c1-18-23-17-21(31-26(35)9-5-19-4-6-20(28)16-24(19)29)7-8-25(23)32-27(30-18)34-14-10-22(11-15-34)33-12-2-3-13-33/h4-9,16-17,22H,2-3,10-15H2,1H3,(H,31,35)/b9-5+. The van der Waals surface area contributed by atoms with Gasteiger partial charge < -0.3 is 15.1 Å². The van der Waals surface area contributed by atoms with Crippen molar-refractivity contribution in [3.8, 4) is 0 Å². The number of aryl methyl sites for hydroxylation is 1. The van der Waals surface area contributed by atoms with Gasteiger partial charge in [0.25, 0.3) is 0 Å². The summed E-state index contributed by atoms with van der Waals surface area (Å²) < 4.78 is 13.9. The number of hydrogen-bond donors (Lipinski definition) is 1. The molecule has 0 spiro atoms. The molecule has 1 N–H and O–H groups in total. The summed E-state index contributed by atoms with van der Waals surface area (Å²) in [5, 5.41) is 4.03. The summed E-state index contributed by atoms with van der Waals surface area (Å²) in [4.78, 5) is 26.9. The Kier molecular flexibility index (Phi) is 6.97. The molecule has 0 bridgehead atoms. The first-order chi connectivity index (χ1) is 17.0. The Balaban J connectivity index is 1.25. The lowest BCUT2D eigenvalue weighted by molar-refractivity contribution is -0.111. The summed E-state index contributed by atoms with van der Waals surface area (Å²) in [6, 6.07) is 10.6. The zero-order chi connectivity index (χ0) is 24.4. The largest absolute Gasteiger partial charge is 0.341 e. The molecule has 3 heterocycles. The number of likely N-dealkylation sites (tertiary alicyclic amines) is 1. The molecule has 1 aromatic heterocycles. The minimum Gasteiger partial charge on any atom is -0.341 e. The molecule has 8 heteroatoms. The van der Waals surface area contributed by atoms with Gasteiger partial charge in [-0.2, -0.15) is 0 Å². The van der Waals surface area contributed by atoms with Crippen LogP contribution in [0.25, 0.3) is 17.0 Å². The van der Waals surface area contributed by atoms with Crippen molar-refractivity contribution in [2.24, 2.45) is 0 Å². The van der Waals surface area contributed by atoms with Crippen LogP contribution in [0.2, 0.25) is 5.02 Å². The monoisotopic (exact) mass is 493 g/mol. The van der Waals surface area contributed by atoms with Gasteiger partial charge in [0.1, 0.15) is 5.82 Å². The van der Waals surface area contributed by atoms with E-state index in [-0.39, 0.29) is 5.91 Å². The van der Waals surface area contributed by atoms with Crippen LogP contribution in [0.15, 0.2) is 42.5 Å². The number of benzene rings is 2. The van der Waals surface area contributed by atoms with Gasteiger partial charge in [-0.15, -0.1) is 0 Å². The number of carbonyl (C=O) groups is 1. The molecule has 2 aliphatic rings. The summed E-state index contributed by atoms with van der Waals surface area (Å²) in [7, 11) is 0. The summed E-state index contributed by atoms with van der Waals surface area (Å²) in [5.74, 6) is -0.0505. The van der Waals surface area contributed by atoms with E-state index in [0.29, 0.717) is 22.3 Å². The molecule has 0 radical (unpaired) electrons. The second-order valence-electron chi connectivity index (χ2n) is 9.29. The maximum Gasteiger partial charge on any atom is 0.248 e. The lowest BCUT2D eigenvalue weighted by atomic mass is 10.0. The highest BCUT2D eigenvalue weighted by Crippen LogP contribution is 2.27. The third kappa shape index (κ3) is 5.46. The number of hydrogen-bond acceptors (Lipinski definition) is 5. The predicted octanol–water partition coefficient (Wildman–Crippen LogP) is 5.45. The van der Waals surface area contributed by atoms with Crippen molar-refractivity contribution in [2.45, 2.75) is 38.6 Å². The molecule has 182 valence electrons. The Morgan fingerprint density at radius 3 is 2.60 bits per heavy atom. The van der Waals surface area contributed by atoms with Crippen molar-refractivity contribution >= 4 is 46.1 Å². The van der Waals surface area contributed by atoms with Crippen molar-refractivity contribution in [1.82, 2.24) is 14.9 Å². The number of aromatic nitrogens is 2. The van der Waals surface area contributed by atoms with Crippen molar-refractivity contribution in [3.63, 3.8) is 0 Å². The van der Waals surface area contributed by atoms with Gasteiger partial charge in [0, 0.05) is 46.9 Å². The summed E-state index contributed by atoms with van der Waals surface area (Å²) in [6.07, 6.45) is 7.68. The van der Waals surface area contributed by atoms with E-state index >= 15 is 0 Å². The van der Waals surface area contributed by atoms with Crippen LogP contribution in [-0.4, -0.2) is 53.0 Å². The van der Waals surface area contributed by atoms with E-state index in [1.54, 1.807) is 6.07 Å². The molecule has 0 atom stereocenters. The molecule has 0 unspecified atom stereocenters. The molecule has 6 nitrogen and oxygen atoms in total. The lowest BCUT2D eigenvalue weighted by Crippen LogP contribution is -2.44. The van der Waals surface area contributed by atoms with E-state index in [1.807, 2.05) is 25.1 Å². The van der Waals surface area contributed by atoms with Gasteiger partial charge in [-0.25, -0.2) is 14.4 Å². The third-order valence-corrected chi connectivity index (χ3v) is 7.16. The Labute approximate surface area is 209 Å². The Hall–Kier alpha value is -3.03. The normalized spacial score (nSPS) is 17.5. The minimum atomic E-state index is -0.476. The Morgan fingerprint density at radius 2 is 1.86 bits per heavy atom. The maximum atomic E-state index is 13.9. The number of nitrogens with one attached hydrogen (secondary N) is 1. The molecule has 2 fully saturated rings. The highest BCUT2D eigenvalue weighted by Gasteiger charge is 2.27. The average Bonchev–Trinajstić information content (AvgIpc) is 3.39. The first kappa shape index (κ1) is 23.7. The molecule has 5 rings (SSSR count). The second kappa shape index (κ2) is 10.3. The van der Waals surface area contributed by atoms with Crippen LogP contribution in [0, 0.1) is 12.7 Å². The van der Waals surface area contributed by atoms with Crippen LogP contribution in [0.5, 0.6) is 0 Å². The number of carbonyl (C=O) groups excluding carboxylic acids is 1. The number of halogens is 2. The zero-order valence-electron chi connectivity index (χ0n) is 19.8. The molecule has 2 aromatic carbocycles. The van der Waals surface area contributed by atoms with Crippen molar-refractivity contribution in [3.05, 3.63) is 64.6 Å². The van der Waals surface area contributed by atoms with Crippen LogP contribution in [0.1, 0.15) is 36.9 Å². The number of nitrogens with zero attached hydrogens (tertiary/aromatic N) is 4. The minimum absolute atomic E-state index is 0.296. The quantitative estimate of drug-likeness (QED) is 0.479. The van der Waals surface area contributed by atoms with Gasteiger partial charge in [0.2, 0.25) is 11.9 Å². The van der Waals surface area contributed by atoms with Crippen molar-refractivity contribution in [2.75, 3.05) is 36.4 Å². The Morgan fingerprint density at radius 1 is 1.09 bits per heavy atom. The zero-order valence-corrected chi connectivity index (χ0v) is 20.6. The molecule has 3 aromatic rings. The van der Waals surface area contributed by atoms with Crippen molar-refractivity contribution < 1.29 is 9.18 Å². The highest BCUT2D eigenvalue weighted by atomic mass is 35.5. The first-order valence-electron chi connectivity index (χ1n) is 12.2. The van der Waals surface area contributed by atoms with E-state index in [4.69, 9.17) is 21.6 Å².